The van der Waals surface area contributed by atoms with E-state index in [0.29, 0.717) is 42.4 Å². The number of benzene rings is 2. The quantitative estimate of drug-likeness (QED) is 0.298. The molecule has 1 saturated heterocycles. The monoisotopic (exact) mass is 445 g/mol. The van der Waals surface area contributed by atoms with Gasteiger partial charge in [-0.05, 0) is 61.7 Å². The van der Waals surface area contributed by atoms with E-state index < -0.39 is 17.7 Å². The summed E-state index contributed by atoms with van der Waals surface area (Å²) in [5.74, 6) is 0.201. The van der Waals surface area contributed by atoms with Crippen LogP contribution in [0.25, 0.3) is 5.76 Å². The van der Waals surface area contributed by atoms with Crippen molar-refractivity contribution in [2.24, 2.45) is 0 Å². The summed E-state index contributed by atoms with van der Waals surface area (Å²) >= 11 is 0. The number of furan rings is 1. The summed E-state index contributed by atoms with van der Waals surface area (Å²) in [7, 11) is 0. The Labute approximate surface area is 193 Å². The Bertz CT molecular complexity index is 1160. The molecule has 1 aromatic heterocycles. The van der Waals surface area contributed by atoms with Gasteiger partial charge in [0.2, 0.25) is 0 Å². The first-order valence-electron chi connectivity index (χ1n) is 11.1. The fourth-order valence-electron chi connectivity index (χ4n) is 3.99. The molecule has 1 fully saturated rings. The number of hydrogen-bond acceptors (Lipinski definition) is 5. The third-order valence-electron chi connectivity index (χ3n) is 5.66. The minimum absolute atomic E-state index is 0.0321. The van der Waals surface area contributed by atoms with Gasteiger partial charge in [-0.2, -0.15) is 0 Å². The predicted molar refractivity (Wildman–Crippen MR) is 125 cm³/mol. The van der Waals surface area contributed by atoms with Gasteiger partial charge < -0.3 is 19.2 Å². The van der Waals surface area contributed by atoms with Crippen LogP contribution in [-0.2, 0) is 16.0 Å². The number of ether oxygens (including phenoxy) is 1. The number of aliphatic hydroxyl groups excluding tert-OH is 1. The molecule has 2 heterocycles. The second kappa shape index (κ2) is 9.77. The Kier molecular flexibility index (Phi) is 6.63. The van der Waals surface area contributed by atoms with Crippen molar-refractivity contribution in [1.82, 2.24) is 4.90 Å². The minimum Gasteiger partial charge on any atom is -0.507 e. The predicted octanol–water partition coefficient (Wildman–Crippen LogP) is 5.04. The molecule has 1 aliphatic rings. The molecule has 4 rings (SSSR count). The van der Waals surface area contributed by atoms with Gasteiger partial charge in [0.25, 0.3) is 11.7 Å². The van der Waals surface area contributed by atoms with Gasteiger partial charge in [-0.3, -0.25) is 9.59 Å². The van der Waals surface area contributed by atoms with Crippen molar-refractivity contribution < 1.29 is 23.8 Å². The van der Waals surface area contributed by atoms with E-state index >= 15 is 0 Å². The van der Waals surface area contributed by atoms with Gasteiger partial charge in [0, 0.05) is 12.1 Å². The summed E-state index contributed by atoms with van der Waals surface area (Å²) in [6.07, 6.45) is 1.46. The van der Waals surface area contributed by atoms with E-state index in [4.69, 9.17) is 9.15 Å². The highest BCUT2D eigenvalue weighted by Gasteiger charge is 2.47. The summed E-state index contributed by atoms with van der Waals surface area (Å²) in [5, 5.41) is 11.1. The molecule has 3 aromatic rings. The molecule has 6 heteroatoms. The maximum Gasteiger partial charge on any atom is 0.295 e. The third-order valence-corrected chi connectivity index (χ3v) is 5.66. The average molecular weight is 446 g/mol. The van der Waals surface area contributed by atoms with Crippen molar-refractivity contribution in [2.45, 2.75) is 32.7 Å². The summed E-state index contributed by atoms with van der Waals surface area (Å²) in [5.41, 5.74) is 1.52. The number of aryl methyl sites for hydroxylation is 1. The molecule has 0 radical (unpaired) electrons. The van der Waals surface area contributed by atoms with Gasteiger partial charge in [-0.1, -0.05) is 37.3 Å². The molecule has 1 amide bonds. The minimum atomic E-state index is -0.793. The van der Waals surface area contributed by atoms with Crippen LogP contribution in [0.3, 0.4) is 0 Å². The van der Waals surface area contributed by atoms with Crippen molar-refractivity contribution >= 4 is 17.4 Å². The molecule has 1 unspecified atom stereocenters. The fourth-order valence-corrected chi connectivity index (χ4v) is 3.99. The Morgan fingerprint density at radius 1 is 1.03 bits per heavy atom. The first-order valence-corrected chi connectivity index (χ1v) is 11.1. The first-order chi connectivity index (χ1) is 16.0. The van der Waals surface area contributed by atoms with E-state index in [1.807, 2.05) is 37.3 Å². The smallest absolute Gasteiger partial charge is 0.295 e. The lowest BCUT2D eigenvalue weighted by molar-refractivity contribution is -0.140. The highest BCUT2D eigenvalue weighted by atomic mass is 16.5. The van der Waals surface area contributed by atoms with Crippen LogP contribution in [0.5, 0.6) is 5.75 Å². The second-order valence-electron chi connectivity index (χ2n) is 8.05. The molecule has 6 nitrogen and oxygen atoms in total. The number of amides is 1. The third kappa shape index (κ3) is 4.70. The molecule has 33 heavy (non-hydrogen) atoms. The molecule has 1 atom stereocenters. The van der Waals surface area contributed by atoms with Gasteiger partial charge in [0.05, 0.1) is 12.2 Å². The molecular formula is C27H27NO5. The molecule has 170 valence electrons. The van der Waals surface area contributed by atoms with E-state index in [-0.39, 0.29) is 11.3 Å². The maximum atomic E-state index is 13.1. The van der Waals surface area contributed by atoms with E-state index in [9.17, 15) is 14.7 Å². The average Bonchev–Trinajstić information content (AvgIpc) is 3.37. The lowest BCUT2D eigenvalue weighted by Gasteiger charge is -2.23. The number of carbonyl (C=O) groups is 2. The van der Waals surface area contributed by atoms with Gasteiger partial charge in [0.1, 0.15) is 29.1 Å². The van der Waals surface area contributed by atoms with E-state index in [2.05, 4.69) is 0 Å². The molecule has 0 spiro atoms. The largest absolute Gasteiger partial charge is 0.507 e. The van der Waals surface area contributed by atoms with Crippen LogP contribution < -0.4 is 4.74 Å². The SMILES string of the molecule is CCCOc1ccc(C(O)=C2C(=O)C(=O)N(CCc3ccccc3)C2c2ccc(C)o2)cc1. The zero-order valence-corrected chi connectivity index (χ0v) is 18.8. The molecule has 1 N–H and O–H groups in total. The van der Waals surface area contributed by atoms with Crippen LogP contribution >= 0.6 is 0 Å². The molecular weight excluding hydrogens is 418 g/mol. The maximum absolute atomic E-state index is 13.1. The second-order valence-corrected chi connectivity index (χ2v) is 8.05. The molecule has 0 aliphatic carbocycles. The summed E-state index contributed by atoms with van der Waals surface area (Å²) in [6.45, 7) is 4.73. The van der Waals surface area contributed by atoms with E-state index in [1.165, 1.54) is 4.90 Å². The van der Waals surface area contributed by atoms with Crippen molar-refractivity contribution in [3.05, 3.63) is 95.0 Å². The number of rotatable bonds is 8. The van der Waals surface area contributed by atoms with Crippen molar-refractivity contribution in [2.75, 3.05) is 13.2 Å². The Morgan fingerprint density at radius 2 is 1.76 bits per heavy atom. The normalized spacial score (nSPS) is 17.5. The van der Waals surface area contributed by atoms with Gasteiger partial charge in [-0.25, -0.2) is 0 Å². The Balaban J connectivity index is 1.70. The zero-order valence-electron chi connectivity index (χ0n) is 18.8. The Morgan fingerprint density at radius 3 is 2.39 bits per heavy atom. The van der Waals surface area contributed by atoms with Crippen molar-refractivity contribution in [3.63, 3.8) is 0 Å². The number of hydrogen-bond donors (Lipinski definition) is 1. The first kappa shape index (κ1) is 22.4. The van der Waals surface area contributed by atoms with Gasteiger partial charge in [0.15, 0.2) is 0 Å². The number of carbonyl (C=O) groups excluding carboxylic acids is 2. The summed E-state index contributed by atoms with van der Waals surface area (Å²) in [4.78, 5) is 27.6. The van der Waals surface area contributed by atoms with E-state index in [0.717, 1.165) is 12.0 Å². The van der Waals surface area contributed by atoms with Crippen LogP contribution in [-0.4, -0.2) is 34.8 Å². The summed E-state index contributed by atoms with van der Waals surface area (Å²) in [6, 6.07) is 19.3. The highest BCUT2D eigenvalue weighted by molar-refractivity contribution is 6.46. The molecule has 2 aromatic carbocycles. The van der Waals surface area contributed by atoms with Crippen molar-refractivity contribution in [1.29, 1.82) is 0 Å². The van der Waals surface area contributed by atoms with Crippen LogP contribution in [0.4, 0.5) is 0 Å². The van der Waals surface area contributed by atoms with Crippen LogP contribution in [0.15, 0.2) is 76.7 Å². The van der Waals surface area contributed by atoms with Crippen molar-refractivity contribution in [3.8, 4) is 5.75 Å². The molecule has 0 bridgehead atoms. The van der Waals surface area contributed by atoms with Crippen LogP contribution in [0.1, 0.15) is 42.0 Å². The van der Waals surface area contributed by atoms with E-state index in [1.54, 1.807) is 43.3 Å². The topological polar surface area (TPSA) is 80.0 Å². The summed E-state index contributed by atoms with van der Waals surface area (Å²) < 4.78 is 11.4. The lowest BCUT2D eigenvalue weighted by Crippen LogP contribution is -2.31. The number of likely N-dealkylation sites (tertiary alicyclic amines) is 1. The highest BCUT2D eigenvalue weighted by Crippen LogP contribution is 2.40. The molecule has 1 aliphatic heterocycles. The molecule has 0 saturated carbocycles. The number of Topliss-reactive ketones (excluding diaryl/α,β-unsaturated/α-hetero) is 1. The standard InChI is InChI=1S/C27H27NO5/c1-3-17-32-21-12-10-20(11-13-21)25(29)23-24(22-14-9-18(2)33-22)28(27(31)26(23)30)16-15-19-7-5-4-6-8-19/h4-14,24,29H,3,15-17H2,1-2H3. The van der Waals surface area contributed by atoms with Crippen LogP contribution in [0.2, 0.25) is 0 Å². The lowest BCUT2D eigenvalue weighted by atomic mass is 9.99. The number of ketones is 1. The van der Waals surface area contributed by atoms with Crippen LogP contribution in [0, 0.1) is 6.92 Å². The number of aliphatic hydroxyl groups is 1. The Hall–Kier alpha value is -3.80. The fraction of sp³-hybridized carbons (Fsp3) is 0.259. The zero-order chi connectivity index (χ0) is 23.4. The van der Waals surface area contributed by atoms with Gasteiger partial charge >= 0.3 is 0 Å². The van der Waals surface area contributed by atoms with Gasteiger partial charge in [-0.15, -0.1) is 0 Å². The number of nitrogens with zero attached hydrogens (tertiary/aromatic N) is 1.